The molecule has 0 amide bonds. The number of carbonyl (C=O) groups excluding carboxylic acids is 1. The lowest BCUT2D eigenvalue weighted by atomic mass is 10.1. The van der Waals surface area contributed by atoms with Crippen LogP contribution in [0.15, 0.2) is 54.6 Å². The van der Waals surface area contributed by atoms with Crippen molar-refractivity contribution >= 4 is 12.4 Å². The molecule has 6 nitrogen and oxygen atoms in total. The monoisotopic (exact) mass is 372 g/mol. The van der Waals surface area contributed by atoms with Gasteiger partial charge in [-0.3, -0.25) is 4.79 Å². The summed E-state index contributed by atoms with van der Waals surface area (Å²) < 4.78 is 10.1. The van der Waals surface area contributed by atoms with E-state index in [9.17, 15) is 9.59 Å². The normalized spacial score (nSPS) is 11.6. The van der Waals surface area contributed by atoms with Gasteiger partial charge in [0.1, 0.15) is 24.0 Å². The SMILES string of the molecule is CC(C)(C)O[C]=O.NC(Cc1ccc(OCc2ccccc2)cc1)C(=O)O. The number of aliphatic carboxylic acids is 1. The Morgan fingerprint density at radius 1 is 1.07 bits per heavy atom. The van der Waals surface area contributed by atoms with Crippen LogP contribution in [0.3, 0.4) is 0 Å². The van der Waals surface area contributed by atoms with Gasteiger partial charge in [-0.1, -0.05) is 42.5 Å². The zero-order valence-corrected chi connectivity index (χ0v) is 15.8. The Hall–Kier alpha value is -2.86. The fourth-order valence-electron chi connectivity index (χ4n) is 1.93. The molecule has 2 rings (SSSR count). The van der Waals surface area contributed by atoms with E-state index < -0.39 is 12.0 Å². The predicted octanol–water partition coefficient (Wildman–Crippen LogP) is 3.09. The van der Waals surface area contributed by atoms with Gasteiger partial charge in [-0.05, 0) is 50.5 Å². The van der Waals surface area contributed by atoms with Gasteiger partial charge in [0.05, 0.1) is 0 Å². The molecule has 0 saturated heterocycles. The average molecular weight is 372 g/mol. The van der Waals surface area contributed by atoms with Crippen molar-refractivity contribution < 1.29 is 24.2 Å². The molecule has 0 fully saturated rings. The van der Waals surface area contributed by atoms with Crippen LogP contribution in [0.2, 0.25) is 0 Å². The second kappa shape index (κ2) is 11.0. The van der Waals surface area contributed by atoms with Crippen molar-refractivity contribution in [1.82, 2.24) is 0 Å². The van der Waals surface area contributed by atoms with Gasteiger partial charge >= 0.3 is 12.4 Å². The Labute approximate surface area is 159 Å². The van der Waals surface area contributed by atoms with Gasteiger partial charge in [-0.25, -0.2) is 4.79 Å². The van der Waals surface area contributed by atoms with E-state index in [1.54, 1.807) is 20.8 Å². The molecule has 2 aromatic carbocycles. The number of ether oxygens (including phenoxy) is 2. The number of rotatable bonds is 7. The summed E-state index contributed by atoms with van der Waals surface area (Å²) in [6, 6.07) is 16.4. The number of nitrogens with two attached hydrogens (primary N) is 1. The Bertz CT molecular complexity index is 693. The zero-order valence-electron chi connectivity index (χ0n) is 15.8. The molecule has 0 aliphatic carbocycles. The summed E-state index contributed by atoms with van der Waals surface area (Å²) >= 11 is 0. The van der Waals surface area contributed by atoms with E-state index >= 15 is 0 Å². The molecule has 0 heterocycles. The maximum atomic E-state index is 10.7. The van der Waals surface area contributed by atoms with Crippen molar-refractivity contribution in [1.29, 1.82) is 0 Å². The first-order valence-electron chi connectivity index (χ1n) is 8.50. The quantitative estimate of drug-likeness (QED) is 0.775. The largest absolute Gasteiger partial charge is 0.489 e. The maximum Gasteiger partial charge on any atom is 0.418 e. The number of carboxylic acids is 1. The van der Waals surface area contributed by atoms with Crippen LogP contribution in [0.25, 0.3) is 0 Å². The first kappa shape index (κ1) is 22.2. The highest BCUT2D eigenvalue weighted by atomic mass is 16.5. The van der Waals surface area contributed by atoms with Gasteiger partial charge in [0.2, 0.25) is 0 Å². The molecule has 0 aromatic heterocycles. The molecule has 3 N–H and O–H groups in total. The summed E-state index contributed by atoms with van der Waals surface area (Å²) in [6.07, 6.45) is 0.314. The molecule has 1 atom stereocenters. The fourth-order valence-corrected chi connectivity index (χ4v) is 1.93. The molecule has 1 radical (unpaired) electrons. The second-order valence-electron chi connectivity index (χ2n) is 6.86. The predicted molar refractivity (Wildman–Crippen MR) is 103 cm³/mol. The zero-order chi connectivity index (χ0) is 20.3. The van der Waals surface area contributed by atoms with Crippen LogP contribution < -0.4 is 10.5 Å². The van der Waals surface area contributed by atoms with E-state index in [1.807, 2.05) is 54.6 Å². The van der Waals surface area contributed by atoms with Crippen molar-refractivity contribution in [2.24, 2.45) is 5.73 Å². The molecule has 0 bridgehead atoms. The Kier molecular flexibility index (Phi) is 9.02. The molecule has 2 aromatic rings. The number of carbonyl (C=O) groups is 1. The van der Waals surface area contributed by atoms with Crippen molar-refractivity contribution in [2.75, 3.05) is 0 Å². The number of benzene rings is 2. The minimum absolute atomic E-state index is 0.314. The molecular weight excluding hydrogens is 346 g/mol. The van der Waals surface area contributed by atoms with Gasteiger partial charge < -0.3 is 20.3 Å². The summed E-state index contributed by atoms with van der Waals surface area (Å²) in [6.45, 7) is 7.24. The van der Waals surface area contributed by atoms with E-state index in [0.29, 0.717) is 13.0 Å². The molecule has 0 aliphatic heterocycles. The number of hydrogen-bond acceptors (Lipinski definition) is 5. The third kappa shape index (κ3) is 10.0. The van der Waals surface area contributed by atoms with Crippen LogP contribution in [0, 0.1) is 0 Å². The van der Waals surface area contributed by atoms with E-state index in [2.05, 4.69) is 4.74 Å². The minimum atomic E-state index is -0.991. The summed E-state index contributed by atoms with van der Waals surface area (Å²) in [4.78, 5) is 20.2. The average Bonchev–Trinajstić information content (AvgIpc) is 2.61. The summed E-state index contributed by atoms with van der Waals surface area (Å²) in [7, 11) is 0. The van der Waals surface area contributed by atoms with Gasteiger partial charge in [0.15, 0.2) is 0 Å². The third-order valence-corrected chi connectivity index (χ3v) is 3.29. The summed E-state index contributed by atoms with van der Waals surface area (Å²) in [5.74, 6) is -0.240. The van der Waals surface area contributed by atoms with Crippen LogP contribution in [0.1, 0.15) is 31.9 Å². The van der Waals surface area contributed by atoms with Crippen molar-refractivity contribution in [2.45, 2.75) is 45.4 Å². The van der Waals surface area contributed by atoms with Gasteiger partial charge in [0.25, 0.3) is 0 Å². The summed E-state index contributed by atoms with van der Waals surface area (Å²) in [5, 5.41) is 8.76. The third-order valence-electron chi connectivity index (χ3n) is 3.29. The van der Waals surface area contributed by atoms with E-state index in [1.165, 1.54) is 6.47 Å². The van der Waals surface area contributed by atoms with Crippen LogP contribution >= 0.6 is 0 Å². The highest BCUT2D eigenvalue weighted by molar-refractivity contribution is 5.73. The van der Waals surface area contributed by atoms with Gasteiger partial charge in [-0.2, -0.15) is 0 Å². The van der Waals surface area contributed by atoms with E-state index in [0.717, 1.165) is 16.9 Å². The van der Waals surface area contributed by atoms with Crippen LogP contribution in [0.5, 0.6) is 5.75 Å². The van der Waals surface area contributed by atoms with Crippen molar-refractivity contribution in [3.05, 3.63) is 65.7 Å². The van der Waals surface area contributed by atoms with Gasteiger partial charge in [0, 0.05) is 0 Å². The Balaban J connectivity index is 0.000000445. The van der Waals surface area contributed by atoms with E-state index in [4.69, 9.17) is 15.6 Å². The molecule has 0 spiro atoms. The molecule has 0 saturated carbocycles. The standard InChI is InChI=1S/C16H17NO3.C5H9O2/c17-15(16(18)19)10-12-6-8-14(9-7-12)20-11-13-4-2-1-3-5-13;1-5(2,3)7-4-6/h1-9,15H,10-11,17H2,(H,18,19);1-3H3. The van der Waals surface area contributed by atoms with Crippen LogP contribution in [-0.2, 0) is 27.4 Å². The number of carboxylic acid groups (broad SMARTS) is 1. The summed E-state index contributed by atoms with van der Waals surface area (Å²) in [5.41, 5.74) is 7.10. The highest BCUT2D eigenvalue weighted by Crippen LogP contribution is 2.15. The molecule has 1 unspecified atom stereocenters. The van der Waals surface area contributed by atoms with E-state index in [-0.39, 0.29) is 5.60 Å². The molecular formula is C21H26NO5. The highest BCUT2D eigenvalue weighted by Gasteiger charge is 2.11. The minimum Gasteiger partial charge on any atom is -0.489 e. The lowest BCUT2D eigenvalue weighted by Crippen LogP contribution is -2.32. The van der Waals surface area contributed by atoms with Gasteiger partial charge in [-0.15, -0.1) is 0 Å². The molecule has 27 heavy (non-hydrogen) atoms. The topological polar surface area (TPSA) is 98.9 Å². The second-order valence-corrected chi connectivity index (χ2v) is 6.86. The molecule has 145 valence electrons. The fraction of sp³-hybridized carbons (Fsp3) is 0.333. The molecule has 6 heteroatoms. The Morgan fingerprint density at radius 3 is 2.11 bits per heavy atom. The smallest absolute Gasteiger partial charge is 0.418 e. The maximum absolute atomic E-state index is 10.7. The lowest BCUT2D eigenvalue weighted by molar-refractivity contribution is -0.138. The van der Waals surface area contributed by atoms with Crippen molar-refractivity contribution in [3.8, 4) is 5.75 Å². The molecule has 0 aliphatic rings. The van der Waals surface area contributed by atoms with Crippen molar-refractivity contribution in [3.63, 3.8) is 0 Å². The Morgan fingerprint density at radius 2 is 1.67 bits per heavy atom. The lowest BCUT2D eigenvalue weighted by Gasteiger charge is -2.13. The first-order valence-corrected chi connectivity index (χ1v) is 8.50. The van der Waals surface area contributed by atoms with Crippen LogP contribution in [0.4, 0.5) is 0 Å². The first-order chi connectivity index (χ1) is 12.7. The number of hydrogen-bond donors (Lipinski definition) is 2. The van der Waals surface area contributed by atoms with Crippen LogP contribution in [-0.4, -0.2) is 29.2 Å².